The van der Waals surface area contributed by atoms with Gasteiger partial charge in [-0.05, 0) is 0 Å². The molecule has 0 aliphatic heterocycles. The molecule has 0 saturated heterocycles. The van der Waals surface area contributed by atoms with Crippen LogP contribution < -0.4 is 0 Å². The van der Waals surface area contributed by atoms with Gasteiger partial charge in [0.15, 0.2) is 0 Å². The van der Waals surface area contributed by atoms with E-state index in [9.17, 15) is 0 Å². The highest BCUT2D eigenvalue weighted by Crippen LogP contribution is 2.26. The van der Waals surface area contributed by atoms with Gasteiger partial charge in [-0.1, -0.05) is 41.2 Å². The third-order valence-electron chi connectivity index (χ3n) is 1.66. The van der Waals surface area contributed by atoms with Crippen LogP contribution in [-0.4, -0.2) is 4.98 Å². The van der Waals surface area contributed by atoms with Crippen LogP contribution in [0.4, 0.5) is 0 Å². The molecule has 0 aromatic carbocycles. The van der Waals surface area contributed by atoms with Crippen molar-refractivity contribution in [2.45, 2.75) is 45.8 Å². The number of oxazole rings is 1. The largest absolute Gasteiger partial charge is 0.444 e. The highest BCUT2D eigenvalue weighted by molar-refractivity contribution is 8.15. The molecule has 0 aliphatic carbocycles. The zero-order valence-corrected chi connectivity index (χ0v) is 12.4. The molecule has 2 nitrogen and oxygen atoms in total. The predicted octanol–water partition coefficient (Wildman–Crippen LogP) is 4.63. The average molecular weight is 259 g/mol. The topological polar surface area (TPSA) is 26.0 Å². The van der Waals surface area contributed by atoms with Crippen LogP contribution in [0.1, 0.15) is 46.3 Å². The Morgan fingerprint density at radius 2 is 2.06 bits per heavy atom. The van der Waals surface area contributed by atoms with Crippen molar-refractivity contribution in [3.63, 3.8) is 0 Å². The molecule has 1 rings (SSSR count). The SMILES string of the molecule is C=C(S)SCc1ncc(C(C)(C)C)o1.CC. The Balaban J connectivity index is 0.00000106. The normalized spacial score (nSPS) is 10.6. The summed E-state index contributed by atoms with van der Waals surface area (Å²) in [5, 5.41) is 0. The second-order valence-corrected chi connectivity index (χ2v) is 5.96. The molecule has 0 spiro atoms. The van der Waals surface area contributed by atoms with Crippen molar-refractivity contribution < 1.29 is 4.42 Å². The van der Waals surface area contributed by atoms with Crippen molar-refractivity contribution in [1.29, 1.82) is 0 Å². The second kappa shape index (κ2) is 7.07. The van der Waals surface area contributed by atoms with Gasteiger partial charge in [-0.2, -0.15) is 0 Å². The molecule has 1 heterocycles. The molecule has 0 fully saturated rings. The minimum absolute atomic E-state index is 0.0217. The lowest BCUT2D eigenvalue weighted by Crippen LogP contribution is -2.09. The maximum absolute atomic E-state index is 5.59. The number of aromatic nitrogens is 1. The Labute approximate surface area is 108 Å². The number of hydrogen-bond acceptors (Lipinski definition) is 4. The quantitative estimate of drug-likeness (QED) is 0.801. The molecule has 0 aliphatic rings. The first-order valence-electron chi connectivity index (χ1n) is 5.35. The summed E-state index contributed by atoms with van der Waals surface area (Å²) in [5.74, 6) is 2.34. The van der Waals surface area contributed by atoms with E-state index in [1.165, 1.54) is 11.8 Å². The van der Waals surface area contributed by atoms with E-state index in [1.807, 2.05) is 13.8 Å². The Kier molecular flexibility index (Phi) is 6.91. The Morgan fingerprint density at radius 1 is 1.50 bits per heavy atom. The van der Waals surface area contributed by atoms with Crippen molar-refractivity contribution in [2.75, 3.05) is 0 Å². The van der Waals surface area contributed by atoms with Crippen LogP contribution in [0.25, 0.3) is 0 Å². The van der Waals surface area contributed by atoms with Crippen molar-refractivity contribution in [1.82, 2.24) is 4.98 Å². The number of thioether (sulfide) groups is 1. The van der Waals surface area contributed by atoms with Gasteiger partial charge in [-0.15, -0.1) is 24.4 Å². The summed E-state index contributed by atoms with van der Waals surface area (Å²) < 4.78 is 6.37. The summed E-state index contributed by atoms with van der Waals surface area (Å²) in [6.45, 7) is 14.0. The molecule has 0 unspecified atom stereocenters. The third-order valence-corrected chi connectivity index (χ3v) is 2.77. The minimum atomic E-state index is 0.0217. The summed E-state index contributed by atoms with van der Waals surface area (Å²) in [7, 11) is 0. The van der Waals surface area contributed by atoms with Gasteiger partial charge in [0.2, 0.25) is 5.89 Å². The molecule has 1 aromatic rings. The first-order valence-corrected chi connectivity index (χ1v) is 6.79. The monoisotopic (exact) mass is 259 g/mol. The molecule has 0 amide bonds. The lowest BCUT2D eigenvalue weighted by Gasteiger charge is -2.12. The number of thiol groups is 1. The first-order chi connectivity index (χ1) is 7.39. The summed E-state index contributed by atoms with van der Waals surface area (Å²) in [6.07, 6.45) is 1.79. The maximum atomic E-state index is 5.59. The van der Waals surface area contributed by atoms with E-state index in [-0.39, 0.29) is 5.41 Å². The molecule has 0 saturated carbocycles. The molecule has 16 heavy (non-hydrogen) atoms. The molecule has 92 valence electrons. The Bertz CT molecular complexity index is 326. The molecular formula is C12H21NOS2. The van der Waals surface area contributed by atoms with Crippen molar-refractivity contribution in [3.8, 4) is 0 Å². The van der Waals surface area contributed by atoms with Gasteiger partial charge in [0, 0.05) is 9.65 Å². The fourth-order valence-corrected chi connectivity index (χ4v) is 1.49. The van der Waals surface area contributed by atoms with Crippen molar-refractivity contribution >= 4 is 24.4 Å². The molecule has 1 aromatic heterocycles. The zero-order chi connectivity index (χ0) is 12.8. The van der Waals surface area contributed by atoms with E-state index in [1.54, 1.807) is 6.20 Å². The summed E-state index contributed by atoms with van der Waals surface area (Å²) in [6, 6.07) is 0. The van der Waals surface area contributed by atoms with Crippen molar-refractivity contribution in [2.24, 2.45) is 0 Å². The van der Waals surface area contributed by atoms with Gasteiger partial charge in [-0.25, -0.2) is 4.98 Å². The van der Waals surface area contributed by atoms with E-state index in [0.29, 0.717) is 5.75 Å². The fraction of sp³-hybridized carbons (Fsp3) is 0.583. The standard InChI is InChI=1S/C10H15NOS2.C2H6/c1-7(13)14-6-9-11-5-8(12-9)10(2,3)4;1-2/h5,13H,1,6H2,2-4H3;1-2H3. The highest BCUT2D eigenvalue weighted by Gasteiger charge is 2.18. The number of nitrogens with zero attached hydrogens (tertiary/aromatic N) is 1. The van der Waals surface area contributed by atoms with Crippen LogP contribution in [0.3, 0.4) is 0 Å². The van der Waals surface area contributed by atoms with E-state index in [4.69, 9.17) is 4.42 Å². The van der Waals surface area contributed by atoms with Crippen LogP contribution in [0.15, 0.2) is 21.4 Å². The molecule has 0 atom stereocenters. The zero-order valence-electron chi connectivity index (χ0n) is 10.7. The molecule has 0 N–H and O–H groups in total. The first kappa shape index (κ1) is 15.7. The molecule has 0 bridgehead atoms. The Morgan fingerprint density at radius 3 is 2.44 bits per heavy atom. The highest BCUT2D eigenvalue weighted by atomic mass is 32.2. The minimum Gasteiger partial charge on any atom is -0.444 e. The maximum Gasteiger partial charge on any atom is 0.204 e. The number of rotatable bonds is 3. The van der Waals surface area contributed by atoms with Crippen LogP contribution in [0, 0.1) is 0 Å². The molecule has 0 radical (unpaired) electrons. The van der Waals surface area contributed by atoms with Crippen LogP contribution in [0.2, 0.25) is 0 Å². The second-order valence-electron chi connectivity index (χ2n) is 4.05. The average Bonchev–Trinajstić information content (AvgIpc) is 2.65. The number of hydrogen-bond donors (Lipinski definition) is 1. The Hall–Kier alpha value is -0.350. The van der Waals surface area contributed by atoms with Crippen molar-refractivity contribution in [3.05, 3.63) is 28.7 Å². The van der Waals surface area contributed by atoms with E-state index in [2.05, 4.69) is 45.0 Å². The van der Waals surface area contributed by atoms with Gasteiger partial charge >= 0.3 is 0 Å². The van der Waals surface area contributed by atoms with Gasteiger partial charge in [0.25, 0.3) is 0 Å². The summed E-state index contributed by atoms with van der Waals surface area (Å²) >= 11 is 5.61. The predicted molar refractivity (Wildman–Crippen MR) is 76.0 cm³/mol. The van der Waals surface area contributed by atoms with Gasteiger partial charge < -0.3 is 4.42 Å². The van der Waals surface area contributed by atoms with Gasteiger partial charge in [0.05, 0.1) is 11.9 Å². The summed E-state index contributed by atoms with van der Waals surface area (Å²) in [4.78, 5) is 4.19. The third kappa shape index (κ3) is 5.66. The van der Waals surface area contributed by atoms with Gasteiger partial charge in [-0.3, -0.25) is 0 Å². The molecular weight excluding hydrogens is 238 g/mol. The lowest BCUT2D eigenvalue weighted by atomic mass is 9.94. The van der Waals surface area contributed by atoms with Crippen LogP contribution >= 0.6 is 24.4 Å². The van der Waals surface area contributed by atoms with E-state index in [0.717, 1.165) is 15.9 Å². The summed E-state index contributed by atoms with van der Waals surface area (Å²) in [5.41, 5.74) is 0.0217. The lowest BCUT2D eigenvalue weighted by molar-refractivity contribution is 0.391. The molecule has 4 heteroatoms. The smallest absolute Gasteiger partial charge is 0.204 e. The van der Waals surface area contributed by atoms with Crippen LogP contribution in [0.5, 0.6) is 0 Å². The fourth-order valence-electron chi connectivity index (χ4n) is 0.869. The van der Waals surface area contributed by atoms with E-state index < -0.39 is 0 Å². The van der Waals surface area contributed by atoms with Crippen LogP contribution in [-0.2, 0) is 11.2 Å². The van der Waals surface area contributed by atoms with Gasteiger partial charge in [0.1, 0.15) is 5.76 Å². The van der Waals surface area contributed by atoms with E-state index >= 15 is 0 Å².